The van der Waals surface area contributed by atoms with Crippen molar-refractivity contribution < 1.29 is 19.4 Å². The molecule has 4 nitrogen and oxygen atoms in total. The standard InChI is InChI=1S/C10H16O4/c1-6-4-7(8(11)13-3)9(2)10(12,5-6)14-9/h6-7,12H,4-5H2,1-3H3. The maximum absolute atomic E-state index is 11.5. The molecule has 0 spiro atoms. The smallest absolute Gasteiger partial charge is 0.311 e. The Morgan fingerprint density at radius 1 is 1.64 bits per heavy atom. The molecule has 0 aromatic rings. The molecular weight excluding hydrogens is 184 g/mol. The van der Waals surface area contributed by atoms with Crippen LogP contribution in [-0.4, -0.2) is 29.6 Å². The van der Waals surface area contributed by atoms with Gasteiger partial charge in [0.05, 0.1) is 13.0 Å². The molecule has 80 valence electrons. The van der Waals surface area contributed by atoms with Gasteiger partial charge < -0.3 is 14.6 Å². The van der Waals surface area contributed by atoms with Crippen molar-refractivity contribution in [2.75, 3.05) is 7.11 Å². The van der Waals surface area contributed by atoms with Crippen molar-refractivity contribution in [1.82, 2.24) is 0 Å². The summed E-state index contributed by atoms with van der Waals surface area (Å²) in [5.41, 5.74) is -0.716. The van der Waals surface area contributed by atoms with Crippen LogP contribution in [-0.2, 0) is 14.3 Å². The van der Waals surface area contributed by atoms with Crippen LogP contribution in [0.4, 0.5) is 0 Å². The number of epoxide rings is 1. The first-order chi connectivity index (χ1) is 6.43. The van der Waals surface area contributed by atoms with E-state index in [0.29, 0.717) is 12.3 Å². The fourth-order valence-corrected chi connectivity index (χ4v) is 2.56. The van der Waals surface area contributed by atoms with Gasteiger partial charge in [0.15, 0.2) is 5.79 Å². The number of fused-ring (bicyclic) bond motifs is 1. The van der Waals surface area contributed by atoms with Crippen molar-refractivity contribution in [1.29, 1.82) is 0 Å². The van der Waals surface area contributed by atoms with E-state index >= 15 is 0 Å². The molecule has 0 radical (unpaired) electrons. The van der Waals surface area contributed by atoms with Gasteiger partial charge in [-0.2, -0.15) is 0 Å². The molecule has 1 saturated carbocycles. The van der Waals surface area contributed by atoms with Gasteiger partial charge in [-0.15, -0.1) is 0 Å². The zero-order valence-corrected chi connectivity index (χ0v) is 8.74. The Morgan fingerprint density at radius 2 is 2.29 bits per heavy atom. The van der Waals surface area contributed by atoms with E-state index in [9.17, 15) is 9.90 Å². The molecule has 4 heteroatoms. The predicted octanol–water partition coefficient (Wildman–Crippen LogP) is 0.683. The first-order valence-electron chi connectivity index (χ1n) is 4.93. The number of hydrogen-bond acceptors (Lipinski definition) is 4. The highest BCUT2D eigenvalue weighted by atomic mass is 16.8. The molecule has 0 aromatic heterocycles. The molecule has 2 fully saturated rings. The number of carbonyl (C=O) groups excluding carboxylic acids is 1. The second-order valence-corrected chi connectivity index (χ2v) is 4.61. The number of ether oxygens (including phenoxy) is 2. The van der Waals surface area contributed by atoms with E-state index in [1.165, 1.54) is 7.11 Å². The molecule has 1 N–H and O–H groups in total. The van der Waals surface area contributed by atoms with Crippen molar-refractivity contribution in [2.45, 2.75) is 38.1 Å². The predicted molar refractivity (Wildman–Crippen MR) is 48.3 cm³/mol. The van der Waals surface area contributed by atoms with Crippen LogP contribution in [0, 0.1) is 11.8 Å². The second-order valence-electron chi connectivity index (χ2n) is 4.61. The lowest BCUT2D eigenvalue weighted by Gasteiger charge is -2.29. The average Bonchev–Trinajstić information content (AvgIpc) is 2.65. The molecule has 1 aliphatic carbocycles. The summed E-state index contributed by atoms with van der Waals surface area (Å²) in [5.74, 6) is -1.42. The van der Waals surface area contributed by atoms with Gasteiger partial charge in [-0.25, -0.2) is 0 Å². The number of esters is 1. The van der Waals surface area contributed by atoms with Gasteiger partial charge in [0.1, 0.15) is 5.60 Å². The Bertz CT molecular complexity index is 277. The summed E-state index contributed by atoms with van der Waals surface area (Å²) in [6, 6.07) is 0. The molecule has 1 aliphatic heterocycles. The lowest BCUT2D eigenvalue weighted by atomic mass is 9.73. The molecule has 4 unspecified atom stereocenters. The van der Waals surface area contributed by atoms with E-state index in [2.05, 4.69) is 0 Å². The summed E-state index contributed by atoms with van der Waals surface area (Å²) in [4.78, 5) is 11.5. The third-order valence-electron chi connectivity index (χ3n) is 3.53. The molecule has 1 heterocycles. The Morgan fingerprint density at radius 3 is 2.86 bits per heavy atom. The maximum Gasteiger partial charge on any atom is 0.311 e. The third-order valence-corrected chi connectivity index (χ3v) is 3.53. The van der Waals surface area contributed by atoms with Crippen molar-refractivity contribution in [3.05, 3.63) is 0 Å². The van der Waals surface area contributed by atoms with Gasteiger partial charge in [0, 0.05) is 6.42 Å². The molecular formula is C10H16O4. The maximum atomic E-state index is 11.5. The summed E-state index contributed by atoms with van der Waals surface area (Å²) in [5, 5.41) is 9.96. The van der Waals surface area contributed by atoms with E-state index in [1.54, 1.807) is 6.92 Å². The first kappa shape index (κ1) is 9.93. The SMILES string of the molecule is COC(=O)C1CC(C)CC2(O)OC12C. The van der Waals surface area contributed by atoms with Crippen molar-refractivity contribution in [3.63, 3.8) is 0 Å². The summed E-state index contributed by atoms with van der Waals surface area (Å²) < 4.78 is 10.0. The molecule has 2 aliphatic rings. The van der Waals surface area contributed by atoms with Crippen LogP contribution in [0.5, 0.6) is 0 Å². The topological polar surface area (TPSA) is 59.1 Å². The van der Waals surface area contributed by atoms with Crippen LogP contribution in [0.3, 0.4) is 0 Å². The van der Waals surface area contributed by atoms with Crippen LogP contribution >= 0.6 is 0 Å². The van der Waals surface area contributed by atoms with Crippen LogP contribution in [0.2, 0.25) is 0 Å². The summed E-state index contributed by atoms with van der Waals surface area (Å²) in [6.07, 6.45) is 1.34. The van der Waals surface area contributed by atoms with Gasteiger partial charge in [-0.1, -0.05) is 6.92 Å². The van der Waals surface area contributed by atoms with E-state index in [0.717, 1.165) is 6.42 Å². The largest absolute Gasteiger partial charge is 0.469 e. The van der Waals surface area contributed by atoms with E-state index in [1.807, 2.05) is 6.92 Å². The Kier molecular flexibility index (Phi) is 1.92. The normalized spacial score (nSPS) is 50.9. The Labute approximate surface area is 83.2 Å². The van der Waals surface area contributed by atoms with Crippen LogP contribution in [0.15, 0.2) is 0 Å². The molecule has 4 atom stereocenters. The van der Waals surface area contributed by atoms with Gasteiger partial charge in [0.2, 0.25) is 0 Å². The average molecular weight is 200 g/mol. The van der Waals surface area contributed by atoms with Gasteiger partial charge in [-0.05, 0) is 19.3 Å². The van der Waals surface area contributed by atoms with Gasteiger partial charge in [-0.3, -0.25) is 4.79 Å². The molecule has 1 saturated heterocycles. The quantitative estimate of drug-likeness (QED) is 0.499. The molecule has 2 rings (SSSR count). The highest BCUT2D eigenvalue weighted by Crippen LogP contribution is 2.59. The summed E-state index contributed by atoms with van der Waals surface area (Å²) in [6.45, 7) is 3.79. The second kappa shape index (κ2) is 2.70. The molecule has 0 aromatic carbocycles. The highest BCUT2D eigenvalue weighted by molar-refractivity contribution is 5.75. The zero-order chi connectivity index (χ0) is 10.6. The van der Waals surface area contributed by atoms with Crippen molar-refractivity contribution in [3.8, 4) is 0 Å². The molecule has 0 amide bonds. The van der Waals surface area contributed by atoms with Crippen LogP contribution in [0.25, 0.3) is 0 Å². The fourth-order valence-electron chi connectivity index (χ4n) is 2.56. The summed E-state index contributed by atoms with van der Waals surface area (Å²) >= 11 is 0. The monoisotopic (exact) mass is 200 g/mol. The lowest BCUT2D eigenvalue weighted by molar-refractivity contribution is -0.149. The van der Waals surface area contributed by atoms with Crippen LogP contribution < -0.4 is 0 Å². The van der Waals surface area contributed by atoms with Crippen LogP contribution in [0.1, 0.15) is 26.7 Å². The summed E-state index contributed by atoms with van der Waals surface area (Å²) in [7, 11) is 1.37. The van der Waals surface area contributed by atoms with E-state index in [-0.39, 0.29) is 11.9 Å². The fraction of sp³-hybridized carbons (Fsp3) is 0.900. The first-order valence-corrected chi connectivity index (χ1v) is 4.93. The van der Waals surface area contributed by atoms with Crippen molar-refractivity contribution >= 4 is 5.97 Å². The van der Waals surface area contributed by atoms with E-state index < -0.39 is 11.4 Å². The zero-order valence-electron chi connectivity index (χ0n) is 8.74. The number of hydrogen-bond donors (Lipinski definition) is 1. The molecule has 0 bridgehead atoms. The number of methoxy groups -OCH3 is 1. The number of aliphatic hydroxyl groups is 1. The minimum atomic E-state index is -1.09. The lowest BCUT2D eigenvalue weighted by Crippen LogP contribution is -2.42. The minimum Gasteiger partial charge on any atom is -0.469 e. The van der Waals surface area contributed by atoms with Crippen molar-refractivity contribution in [2.24, 2.45) is 11.8 Å². The Balaban J connectivity index is 2.21. The van der Waals surface area contributed by atoms with Gasteiger partial charge in [0.25, 0.3) is 0 Å². The van der Waals surface area contributed by atoms with E-state index in [4.69, 9.17) is 9.47 Å². The number of rotatable bonds is 1. The van der Waals surface area contributed by atoms with Gasteiger partial charge >= 0.3 is 5.97 Å². The third kappa shape index (κ3) is 1.10. The highest BCUT2D eigenvalue weighted by Gasteiger charge is 2.74. The Hall–Kier alpha value is -0.610. The molecule has 14 heavy (non-hydrogen) atoms. The minimum absolute atomic E-state index is 0.282. The number of carbonyl (C=O) groups is 1.